The number of benzene rings is 2. The highest BCUT2D eigenvalue weighted by atomic mass is 16.7. The van der Waals surface area contributed by atoms with E-state index in [0.717, 1.165) is 5.56 Å². The highest BCUT2D eigenvalue weighted by molar-refractivity contribution is 5.92. The van der Waals surface area contributed by atoms with Crippen molar-refractivity contribution in [3.8, 4) is 17.2 Å². The molecule has 2 heterocycles. The third kappa shape index (κ3) is 3.50. The predicted molar refractivity (Wildman–Crippen MR) is 96.5 cm³/mol. The van der Waals surface area contributed by atoms with E-state index in [4.69, 9.17) is 14.2 Å². The molecule has 2 aromatic carbocycles. The van der Waals surface area contributed by atoms with E-state index >= 15 is 0 Å². The molecule has 1 aromatic heterocycles. The first-order valence-electron chi connectivity index (χ1n) is 8.25. The third-order valence-corrected chi connectivity index (χ3v) is 3.95. The zero-order valence-corrected chi connectivity index (χ0v) is 14.7. The first-order chi connectivity index (χ1) is 13.1. The summed E-state index contributed by atoms with van der Waals surface area (Å²) in [5.41, 5.74) is 1.16. The van der Waals surface area contributed by atoms with Gasteiger partial charge in [0.25, 0.3) is 0 Å². The van der Waals surface area contributed by atoms with Crippen molar-refractivity contribution in [2.45, 2.75) is 13.8 Å². The van der Waals surface area contributed by atoms with Gasteiger partial charge in [0.05, 0.1) is 11.8 Å². The molecule has 0 amide bonds. The molecule has 27 heavy (non-hydrogen) atoms. The van der Waals surface area contributed by atoms with Gasteiger partial charge in [-0.25, -0.2) is 9.47 Å². The Morgan fingerprint density at radius 3 is 2.70 bits per heavy atom. The topological polar surface area (TPSA) is 87.8 Å². The lowest BCUT2D eigenvalue weighted by atomic mass is 10.2. The van der Waals surface area contributed by atoms with Crippen molar-refractivity contribution in [2.75, 3.05) is 6.79 Å². The van der Waals surface area contributed by atoms with Crippen molar-refractivity contribution in [3.05, 3.63) is 65.2 Å². The molecule has 0 radical (unpaired) electrons. The van der Waals surface area contributed by atoms with E-state index in [1.807, 2.05) is 19.9 Å². The molecule has 4 rings (SSSR count). The molecular weight excluding hydrogens is 348 g/mol. The minimum Gasteiger partial charge on any atom is -0.454 e. The van der Waals surface area contributed by atoms with Crippen molar-refractivity contribution < 1.29 is 19.0 Å². The summed E-state index contributed by atoms with van der Waals surface area (Å²) in [6.07, 6.45) is 1.65. The van der Waals surface area contributed by atoms with Gasteiger partial charge in [-0.3, -0.25) is 0 Å². The van der Waals surface area contributed by atoms with Crippen LogP contribution in [0.1, 0.15) is 27.6 Å². The summed E-state index contributed by atoms with van der Waals surface area (Å²) in [7, 11) is 0. The van der Waals surface area contributed by atoms with Crippen molar-refractivity contribution in [3.63, 3.8) is 0 Å². The van der Waals surface area contributed by atoms with Crippen LogP contribution in [0.15, 0.2) is 47.6 Å². The predicted octanol–water partition coefficient (Wildman–Crippen LogP) is 2.73. The molecule has 0 saturated heterocycles. The summed E-state index contributed by atoms with van der Waals surface area (Å²) in [5, 5.41) is 12.3. The van der Waals surface area contributed by atoms with Crippen LogP contribution in [0, 0.1) is 13.8 Å². The van der Waals surface area contributed by atoms with Crippen LogP contribution >= 0.6 is 0 Å². The van der Waals surface area contributed by atoms with E-state index in [1.165, 1.54) is 0 Å². The Kier molecular flexibility index (Phi) is 4.29. The largest absolute Gasteiger partial charge is 0.454 e. The second-order valence-electron chi connectivity index (χ2n) is 5.88. The van der Waals surface area contributed by atoms with Crippen LogP contribution in [0.5, 0.6) is 17.2 Å². The van der Waals surface area contributed by atoms with Crippen molar-refractivity contribution in [1.29, 1.82) is 0 Å². The van der Waals surface area contributed by atoms with Crippen LogP contribution in [-0.4, -0.2) is 33.9 Å². The minimum absolute atomic E-state index is 0.153. The number of ether oxygens (including phenoxy) is 3. The van der Waals surface area contributed by atoms with Gasteiger partial charge in [0.1, 0.15) is 5.75 Å². The van der Waals surface area contributed by atoms with Gasteiger partial charge < -0.3 is 14.2 Å². The minimum atomic E-state index is -0.479. The first-order valence-corrected chi connectivity index (χ1v) is 8.25. The van der Waals surface area contributed by atoms with Gasteiger partial charge in [-0.2, -0.15) is 5.10 Å². The molecule has 0 fully saturated rings. The van der Waals surface area contributed by atoms with Crippen LogP contribution in [0.25, 0.3) is 0 Å². The SMILES string of the molecule is Cc1nnc(C)n1/N=C/c1cccc(OC(=O)c2ccc3c(c2)OCO3)c1. The molecule has 0 N–H and O–H groups in total. The lowest BCUT2D eigenvalue weighted by Gasteiger charge is -2.06. The van der Waals surface area contributed by atoms with Crippen LogP contribution in [0.3, 0.4) is 0 Å². The molecule has 0 aliphatic carbocycles. The lowest BCUT2D eigenvalue weighted by Crippen LogP contribution is -2.08. The summed E-state index contributed by atoms with van der Waals surface area (Å²) in [6, 6.07) is 12.0. The molecule has 0 spiro atoms. The third-order valence-electron chi connectivity index (χ3n) is 3.95. The number of nitrogens with zero attached hydrogens (tertiary/aromatic N) is 4. The van der Waals surface area contributed by atoms with Gasteiger partial charge in [-0.1, -0.05) is 12.1 Å². The van der Waals surface area contributed by atoms with Gasteiger partial charge in [0, 0.05) is 0 Å². The van der Waals surface area contributed by atoms with Gasteiger partial charge in [-0.05, 0) is 49.7 Å². The molecule has 1 aliphatic heterocycles. The summed E-state index contributed by atoms with van der Waals surface area (Å²) in [6.45, 7) is 3.79. The Labute approximate surface area is 155 Å². The van der Waals surface area contributed by atoms with Gasteiger partial charge in [0.2, 0.25) is 6.79 Å². The summed E-state index contributed by atoms with van der Waals surface area (Å²) in [4.78, 5) is 12.4. The van der Waals surface area contributed by atoms with Crippen LogP contribution in [0.4, 0.5) is 0 Å². The molecule has 0 atom stereocenters. The molecule has 8 heteroatoms. The van der Waals surface area contributed by atoms with Gasteiger partial charge in [-0.15, -0.1) is 10.2 Å². The Morgan fingerprint density at radius 1 is 1.11 bits per heavy atom. The number of rotatable bonds is 4. The zero-order chi connectivity index (χ0) is 18.8. The molecule has 3 aromatic rings. The first kappa shape index (κ1) is 16.8. The number of carbonyl (C=O) groups is 1. The van der Waals surface area contributed by atoms with Crippen molar-refractivity contribution in [2.24, 2.45) is 5.10 Å². The number of esters is 1. The maximum atomic E-state index is 12.4. The van der Waals surface area contributed by atoms with Crippen LogP contribution in [0.2, 0.25) is 0 Å². The Morgan fingerprint density at radius 2 is 1.89 bits per heavy atom. The van der Waals surface area contributed by atoms with Crippen LogP contribution in [-0.2, 0) is 0 Å². The quantitative estimate of drug-likeness (QED) is 0.402. The standard InChI is InChI=1S/C19H16N4O4/c1-12-21-22-13(2)23(12)20-10-14-4-3-5-16(8-14)27-19(24)15-6-7-17-18(9-15)26-11-25-17/h3-10H,11H2,1-2H3/b20-10+. The number of aromatic nitrogens is 3. The van der Waals surface area contributed by atoms with E-state index in [0.29, 0.717) is 34.5 Å². The molecule has 136 valence electrons. The lowest BCUT2D eigenvalue weighted by molar-refractivity contribution is 0.0734. The molecule has 1 aliphatic rings. The maximum absolute atomic E-state index is 12.4. The number of aryl methyl sites for hydroxylation is 2. The highest BCUT2D eigenvalue weighted by Gasteiger charge is 2.17. The van der Waals surface area contributed by atoms with Crippen molar-refractivity contribution >= 4 is 12.2 Å². The Bertz CT molecular complexity index is 1020. The van der Waals surface area contributed by atoms with E-state index in [9.17, 15) is 4.79 Å². The maximum Gasteiger partial charge on any atom is 0.343 e. The van der Waals surface area contributed by atoms with E-state index < -0.39 is 5.97 Å². The summed E-state index contributed by atoms with van der Waals surface area (Å²) < 4.78 is 17.6. The Hall–Kier alpha value is -3.68. The van der Waals surface area contributed by atoms with E-state index in [2.05, 4.69) is 15.3 Å². The van der Waals surface area contributed by atoms with Crippen LogP contribution < -0.4 is 14.2 Å². The number of carbonyl (C=O) groups excluding carboxylic acids is 1. The monoisotopic (exact) mass is 364 g/mol. The normalized spacial score (nSPS) is 12.5. The van der Waals surface area contributed by atoms with E-state index in [-0.39, 0.29) is 6.79 Å². The Balaban J connectivity index is 1.50. The second kappa shape index (κ2) is 6.91. The van der Waals surface area contributed by atoms with Gasteiger partial charge >= 0.3 is 5.97 Å². The number of hydrogen-bond acceptors (Lipinski definition) is 7. The molecule has 0 bridgehead atoms. The summed E-state index contributed by atoms with van der Waals surface area (Å²) >= 11 is 0. The fourth-order valence-corrected chi connectivity index (χ4v) is 2.60. The zero-order valence-electron chi connectivity index (χ0n) is 14.7. The number of hydrogen-bond donors (Lipinski definition) is 0. The summed E-state index contributed by atoms with van der Waals surface area (Å²) in [5.74, 6) is 2.46. The van der Waals surface area contributed by atoms with E-state index in [1.54, 1.807) is 47.3 Å². The van der Waals surface area contributed by atoms with Gasteiger partial charge in [0.15, 0.2) is 23.1 Å². The molecular formula is C19H16N4O4. The van der Waals surface area contributed by atoms with Crippen molar-refractivity contribution in [1.82, 2.24) is 14.9 Å². The highest BCUT2D eigenvalue weighted by Crippen LogP contribution is 2.32. The molecule has 8 nitrogen and oxygen atoms in total. The average Bonchev–Trinajstić information content (AvgIpc) is 3.26. The molecule has 0 saturated carbocycles. The fraction of sp³-hybridized carbons (Fsp3) is 0.158. The second-order valence-corrected chi connectivity index (χ2v) is 5.88. The smallest absolute Gasteiger partial charge is 0.343 e. The fourth-order valence-electron chi connectivity index (χ4n) is 2.60. The average molecular weight is 364 g/mol. The number of fused-ring (bicyclic) bond motifs is 1. The molecule has 0 unspecified atom stereocenters.